The average Bonchev–Trinajstić information content (AvgIpc) is 3.04. The molecule has 90 valence electrons. The molecule has 0 bridgehead atoms. The van der Waals surface area contributed by atoms with E-state index in [0.29, 0.717) is 16.6 Å². The highest BCUT2D eigenvalue weighted by molar-refractivity contribution is 6.34. The van der Waals surface area contributed by atoms with Gasteiger partial charge in [0.15, 0.2) is 0 Å². The Bertz CT molecular complexity index is 438. The number of benzene rings is 1. The molecule has 0 aromatic heterocycles. The smallest absolute Gasteiger partial charge is 0.223 e. The summed E-state index contributed by atoms with van der Waals surface area (Å²) in [4.78, 5) is 11.7. The second-order valence-electron chi connectivity index (χ2n) is 4.19. The van der Waals surface area contributed by atoms with Gasteiger partial charge in [0.05, 0.1) is 0 Å². The Labute approximate surface area is 111 Å². The van der Waals surface area contributed by atoms with Crippen LogP contribution in [0.5, 0.6) is 0 Å². The number of carbonyl (C=O) groups is 1. The van der Waals surface area contributed by atoms with E-state index in [1.54, 1.807) is 12.1 Å². The molecule has 0 radical (unpaired) electrons. The van der Waals surface area contributed by atoms with Crippen LogP contribution in [0.4, 0.5) is 0 Å². The van der Waals surface area contributed by atoms with Gasteiger partial charge in [0.2, 0.25) is 5.91 Å². The number of hydrogen-bond acceptors (Lipinski definition) is 1. The first-order valence-corrected chi connectivity index (χ1v) is 6.22. The minimum atomic E-state index is 0.0458. The molecule has 1 saturated carbocycles. The van der Waals surface area contributed by atoms with Gasteiger partial charge in [0, 0.05) is 22.5 Å². The van der Waals surface area contributed by atoms with Crippen LogP contribution in [0.25, 0.3) is 0 Å². The standard InChI is InChI=1S/C13H13Cl2NO/c1-2-3-16-13(17)12-7-11(12)8-4-9(14)6-10(15)5-8/h2,4-6,11-12H,1,3,7H2,(H,16,17). The van der Waals surface area contributed by atoms with Gasteiger partial charge < -0.3 is 5.32 Å². The molecule has 1 aliphatic rings. The van der Waals surface area contributed by atoms with Gasteiger partial charge in [0.25, 0.3) is 0 Å². The summed E-state index contributed by atoms with van der Waals surface area (Å²) < 4.78 is 0. The number of nitrogens with one attached hydrogen (secondary N) is 1. The predicted molar refractivity (Wildman–Crippen MR) is 70.5 cm³/mol. The van der Waals surface area contributed by atoms with E-state index in [0.717, 1.165) is 12.0 Å². The van der Waals surface area contributed by atoms with Gasteiger partial charge in [-0.15, -0.1) is 6.58 Å². The molecule has 0 spiro atoms. The largest absolute Gasteiger partial charge is 0.352 e. The van der Waals surface area contributed by atoms with Gasteiger partial charge in [-0.25, -0.2) is 0 Å². The van der Waals surface area contributed by atoms with E-state index in [-0.39, 0.29) is 17.7 Å². The fourth-order valence-electron chi connectivity index (χ4n) is 1.95. The maximum atomic E-state index is 11.7. The summed E-state index contributed by atoms with van der Waals surface area (Å²) in [5.74, 6) is 0.367. The van der Waals surface area contributed by atoms with Crippen LogP contribution < -0.4 is 5.32 Å². The highest BCUT2D eigenvalue weighted by Gasteiger charge is 2.43. The van der Waals surface area contributed by atoms with Crippen LogP contribution >= 0.6 is 23.2 Å². The molecule has 1 N–H and O–H groups in total. The van der Waals surface area contributed by atoms with Crippen molar-refractivity contribution < 1.29 is 4.79 Å². The van der Waals surface area contributed by atoms with E-state index < -0.39 is 0 Å². The lowest BCUT2D eigenvalue weighted by Crippen LogP contribution is -2.25. The third-order valence-electron chi connectivity index (χ3n) is 2.86. The topological polar surface area (TPSA) is 29.1 Å². The Balaban J connectivity index is 2.02. The van der Waals surface area contributed by atoms with Crippen LogP contribution in [0.2, 0.25) is 10.0 Å². The van der Waals surface area contributed by atoms with Crippen molar-refractivity contribution in [1.29, 1.82) is 0 Å². The Kier molecular flexibility index (Phi) is 3.75. The van der Waals surface area contributed by atoms with Crippen molar-refractivity contribution in [2.24, 2.45) is 5.92 Å². The summed E-state index contributed by atoms with van der Waals surface area (Å²) >= 11 is 11.9. The fourth-order valence-corrected chi connectivity index (χ4v) is 2.49. The molecule has 0 heterocycles. The van der Waals surface area contributed by atoms with Crippen LogP contribution in [0, 0.1) is 5.92 Å². The highest BCUT2D eigenvalue weighted by atomic mass is 35.5. The van der Waals surface area contributed by atoms with E-state index in [9.17, 15) is 4.79 Å². The van der Waals surface area contributed by atoms with Crippen molar-refractivity contribution in [2.45, 2.75) is 12.3 Å². The minimum absolute atomic E-state index is 0.0458. The van der Waals surface area contributed by atoms with Crippen LogP contribution in [-0.2, 0) is 4.79 Å². The SMILES string of the molecule is C=CCNC(=O)C1CC1c1cc(Cl)cc(Cl)c1. The van der Waals surface area contributed by atoms with E-state index in [1.165, 1.54) is 0 Å². The van der Waals surface area contributed by atoms with Gasteiger partial charge in [0.1, 0.15) is 0 Å². The summed E-state index contributed by atoms with van der Waals surface area (Å²) in [6, 6.07) is 5.44. The van der Waals surface area contributed by atoms with E-state index >= 15 is 0 Å². The van der Waals surface area contributed by atoms with Crippen molar-refractivity contribution in [1.82, 2.24) is 5.32 Å². The van der Waals surface area contributed by atoms with Gasteiger partial charge in [-0.05, 0) is 36.1 Å². The van der Waals surface area contributed by atoms with E-state index in [2.05, 4.69) is 11.9 Å². The third kappa shape index (κ3) is 3.02. The Morgan fingerprint density at radius 3 is 2.65 bits per heavy atom. The molecule has 1 fully saturated rings. The third-order valence-corrected chi connectivity index (χ3v) is 3.30. The molecule has 2 unspecified atom stereocenters. The first-order chi connectivity index (χ1) is 8.11. The molecule has 1 amide bonds. The molecule has 1 aliphatic carbocycles. The van der Waals surface area contributed by atoms with Crippen molar-refractivity contribution in [2.75, 3.05) is 6.54 Å². The monoisotopic (exact) mass is 269 g/mol. The molecule has 2 nitrogen and oxygen atoms in total. The lowest BCUT2D eigenvalue weighted by molar-refractivity contribution is -0.122. The summed E-state index contributed by atoms with van der Waals surface area (Å²) in [7, 11) is 0. The van der Waals surface area contributed by atoms with Crippen molar-refractivity contribution in [3.05, 3.63) is 46.5 Å². The van der Waals surface area contributed by atoms with Gasteiger partial charge in [-0.3, -0.25) is 4.79 Å². The molecule has 4 heteroatoms. The van der Waals surface area contributed by atoms with Crippen LogP contribution in [0.1, 0.15) is 17.9 Å². The zero-order valence-electron chi connectivity index (χ0n) is 9.25. The number of halogens is 2. The molecule has 0 aliphatic heterocycles. The highest BCUT2D eigenvalue weighted by Crippen LogP contribution is 2.48. The normalized spacial score (nSPS) is 22.0. The lowest BCUT2D eigenvalue weighted by Gasteiger charge is -2.03. The van der Waals surface area contributed by atoms with Crippen LogP contribution in [-0.4, -0.2) is 12.5 Å². The molecular formula is C13H13Cl2NO. The maximum Gasteiger partial charge on any atom is 0.223 e. The minimum Gasteiger partial charge on any atom is -0.352 e. The number of hydrogen-bond donors (Lipinski definition) is 1. The first-order valence-electron chi connectivity index (χ1n) is 5.46. The Hall–Kier alpha value is -0.990. The molecule has 2 atom stereocenters. The first kappa shape index (κ1) is 12.5. The second-order valence-corrected chi connectivity index (χ2v) is 5.06. The Morgan fingerprint density at radius 1 is 1.41 bits per heavy atom. The van der Waals surface area contributed by atoms with Gasteiger partial charge in [-0.2, -0.15) is 0 Å². The second kappa shape index (κ2) is 5.11. The summed E-state index contributed by atoms with van der Waals surface area (Å²) in [6.45, 7) is 4.08. The molecule has 0 saturated heterocycles. The summed E-state index contributed by atoms with van der Waals surface area (Å²) in [6.07, 6.45) is 2.53. The predicted octanol–water partition coefficient (Wildman–Crippen LogP) is 3.40. The van der Waals surface area contributed by atoms with Crippen molar-refractivity contribution >= 4 is 29.1 Å². The molecule has 17 heavy (non-hydrogen) atoms. The number of amides is 1. The zero-order chi connectivity index (χ0) is 12.4. The zero-order valence-corrected chi connectivity index (χ0v) is 10.8. The van der Waals surface area contributed by atoms with Crippen molar-refractivity contribution in [3.8, 4) is 0 Å². The summed E-state index contributed by atoms with van der Waals surface area (Å²) in [5.41, 5.74) is 1.04. The van der Waals surface area contributed by atoms with E-state index in [4.69, 9.17) is 23.2 Å². The molecular weight excluding hydrogens is 257 g/mol. The fraction of sp³-hybridized carbons (Fsp3) is 0.308. The van der Waals surface area contributed by atoms with Gasteiger partial charge >= 0.3 is 0 Å². The van der Waals surface area contributed by atoms with E-state index in [1.807, 2.05) is 12.1 Å². The average molecular weight is 270 g/mol. The van der Waals surface area contributed by atoms with Crippen LogP contribution in [0.15, 0.2) is 30.9 Å². The summed E-state index contributed by atoms with van der Waals surface area (Å²) in [5, 5.41) is 4.03. The Morgan fingerprint density at radius 2 is 2.06 bits per heavy atom. The molecule has 2 rings (SSSR count). The van der Waals surface area contributed by atoms with Gasteiger partial charge in [-0.1, -0.05) is 29.3 Å². The number of rotatable bonds is 4. The van der Waals surface area contributed by atoms with Crippen molar-refractivity contribution in [3.63, 3.8) is 0 Å². The van der Waals surface area contributed by atoms with Crippen LogP contribution in [0.3, 0.4) is 0 Å². The lowest BCUT2D eigenvalue weighted by atomic mass is 10.1. The quantitative estimate of drug-likeness (QED) is 0.835. The molecule has 1 aromatic carbocycles. The maximum absolute atomic E-state index is 11.7. The molecule has 1 aromatic rings. The number of carbonyl (C=O) groups excluding carboxylic acids is 1.